The molecule has 126 valence electrons. The molecule has 1 aliphatic heterocycles. The van der Waals surface area contributed by atoms with Gasteiger partial charge in [0.25, 0.3) is 10.0 Å². The Bertz CT molecular complexity index is 896. The third-order valence-electron chi connectivity index (χ3n) is 3.96. The summed E-state index contributed by atoms with van der Waals surface area (Å²) in [7, 11) is -3.79. The van der Waals surface area contributed by atoms with Gasteiger partial charge >= 0.3 is 0 Å². The Labute approximate surface area is 146 Å². The van der Waals surface area contributed by atoms with E-state index in [0.29, 0.717) is 12.2 Å². The van der Waals surface area contributed by atoms with Crippen LogP contribution in [0.3, 0.4) is 0 Å². The largest absolute Gasteiger partial charge is 0.312 e. The van der Waals surface area contributed by atoms with Gasteiger partial charge in [-0.05, 0) is 42.7 Å². The Morgan fingerprint density at radius 1 is 1.21 bits per heavy atom. The molecule has 7 heteroatoms. The molecule has 0 aliphatic carbocycles. The lowest BCUT2D eigenvalue weighted by atomic mass is 10.0. The topological polar surface area (TPSA) is 66.5 Å². The summed E-state index contributed by atoms with van der Waals surface area (Å²) in [6, 6.07) is 11.5. The molecule has 1 amide bonds. The lowest BCUT2D eigenvalue weighted by Crippen LogP contribution is -2.33. The van der Waals surface area contributed by atoms with Crippen LogP contribution < -0.4 is 9.62 Å². The fourth-order valence-electron chi connectivity index (χ4n) is 2.84. The minimum atomic E-state index is -3.79. The van der Waals surface area contributed by atoms with Crippen molar-refractivity contribution in [2.24, 2.45) is 0 Å². The summed E-state index contributed by atoms with van der Waals surface area (Å²) in [5, 5.41) is 0.160. The Balaban J connectivity index is 1.96. The van der Waals surface area contributed by atoms with Crippen molar-refractivity contribution in [1.82, 2.24) is 0 Å². The molecule has 1 aliphatic rings. The molecular formula is C17H17ClN2O3S. The standard InChI is InChI=1S/C17H17ClN2O3S/c1-12(21)20-10-4-5-13-8-9-14(11-16(13)20)19-24(22,23)17-7-3-2-6-15(17)18/h2-3,6-9,11,19H,4-5,10H2,1H3. The average Bonchev–Trinajstić information content (AvgIpc) is 2.54. The van der Waals surface area contributed by atoms with Crippen LogP contribution in [0, 0.1) is 0 Å². The second-order valence-corrected chi connectivity index (χ2v) is 7.71. The van der Waals surface area contributed by atoms with E-state index in [1.807, 2.05) is 6.07 Å². The van der Waals surface area contributed by atoms with Crippen molar-refractivity contribution in [3.05, 3.63) is 53.1 Å². The lowest BCUT2D eigenvalue weighted by Gasteiger charge is -2.29. The van der Waals surface area contributed by atoms with Gasteiger partial charge in [0.1, 0.15) is 4.90 Å². The molecule has 24 heavy (non-hydrogen) atoms. The highest BCUT2D eigenvalue weighted by atomic mass is 35.5. The molecule has 0 unspecified atom stereocenters. The Morgan fingerprint density at radius 2 is 1.96 bits per heavy atom. The van der Waals surface area contributed by atoms with Crippen molar-refractivity contribution >= 4 is 38.9 Å². The van der Waals surface area contributed by atoms with Crippen LogP contribution in [0.2, 0.25) is 5.02 Å². The van der Waals surface area contributed by atoms with Crippen LogP contribution in [0.4, 0.5) is 11.4 Å². The SMILES string of the molecule is CC(=O)N1CCCc2ccc(NS(=O)(=O)c3ccccc3Cl)cc21. The molecular weight excluding hydrogens is 348 g/mol. The van der Waals surface area contributed by atoms with Crippen LogP contribution >= 0.6 is 11.6 Å². The van der Waals surface area contributed by atoms with Gasteiger partial charge in [-0.1, -0.05) is 29.8 Å². The van der Waals surface area contributed by atoms with Crippen LogP contribution in [0.25, 0.3) is 0 Å². The first kappa shape index (κ1) is 16.8. The Morgan fingerprint density at radius 3 is 2.67 bits per heavy atom. The smallest absolute Gasteiger partial charge is 0.263 e. The van der Waals surface area contributed by atoms with Gasteiger partial charge in [0, 0.05) is 19.2 Å². The zero-order valence-electron chi connectivity index (χ0n) is 13.1. The number of hydrogen-bond donors (Lipinski definition) is 1. The van der Waals surface area contributed by atoms with Crippen LogP contribution in [0.1, 0.15) is 18.9 Å². The van der Waals surface area contributed by atoms with Gasteiger partial charge in [-0.2, -0.15) is 0 Å². The number of benzene rings is 2. The van der Waals surface area contributed by atoms with Crippen molar-refractivity contribution in [1.29, 1.82) is 0 Å². The van der Waals surface area contributed by atoms with Crippen molar-refractivity contribution in [2.45, 2.75) is 24.7 Å². The van der Waals surface area contributed by atoms with Crippen LogP contribution in [0.15, 0.2) is 47.4 Å². The van der Waals surface area contributed by atoms with Crippen LogP contribution in [-0.4, -0.2) is 20.9 Å². The fourth-order valence-corrected chi connectivity index (χ4v) is 4.41. The average molecular weight is 365 g/mol. The zero-order valence-corrected chi connectivity index (χ0v) is 14.7. The van der Waals surface area contributed by atoms with Crippen molar-refractivity contribution in [2.75, 3.05) is 16.2 Å². The van der Waals surface area contributed by atoms with Crippen LogP contribution in [-0.2, 0) is 21.2 Å². The number of aryl methyl sites for hydroxylation is 1. The monoisotopic (exact) mass is 364 g/mol. The molecule has 5 nitrogen and oxygen atoms in total. The van der Waals surface area contributed by atoms with Gasteiger partial charge in [0.2, 0.25) is 5.91 Å². The summed E-state index contributed by atoms with van der Waals surface area (Å²) in [5.41, 5.74) is 2.20. The second-order valence-electron chi connectivity index (χ2n) is 5.65. The summed E-state index contributed by atoms with van der Waals surface area (Å²) >= 11 is 5.98. The Hall–Kier alpha value is -2.05. The van der Waals surface area contributed by atoms with E-state index < -0.39 is 10.0 Å². The third kappa shape index (κ3) is 3.25. The molecule has 0 saturated heterocycles. The minimum absolute atomic E-state index is 0.0211. The van der Waals surface area contributed by atoms with Gasteiger partial charge < -0.3 is 4.90 Å². The van der Waals surface area contributed by atoms with Gasteiger partial charge in [0.05, 0.1) is 10.7 Å². The summed E-state index contributed by atoms with van der Waals surface area (Å²) in [4.78, 5) is 13.5. The first-order chi connectivity index (χ1) is 11.4. The number of hydrogen-bond acceptors (Lipinski definition) is 3. The van der Waals surface area contributed by atoms with Crippen molar-refractivity contribution in [3.63, 3.8) is 0 Å². The maximum absolute atomic E-state index is 12.5. The quantitative estimate of drug-likeness (QED) is 0.907. The lowest BCUT2D eigenvalue weighted by molar-refractivity contribution is -0.116. The number of carbonyl (C=O) groups excluding carboxylic acids is 1. The molecule has 0 saturated carbocycles. The third-order valence-corrected chi connectivity index (χ3v) is 5.84. The normalized spacial score (nSPS) is 14.2. The number of halogens is 1. The molecule has 3 rings (SSSR count). The number of nitrogens with one attached hydrogen (secondary N) is 1. The maximum atomic E-state index is 12.5. The number of sulfonamides is 1. The van der Waals surface area contributed by atoms with E-state index in [-0.39, 0.29) is 15.8 Å². The van der Waals surface area contributed by atoms with Crippen molar-refractivity contribution < 1.29 is 13.2 Å². The number of carbonyl (C=O) groups is 1. The fraction of sp³-hybridized carbons (Fsp3) is 0.235. The van der Waals surface area contributed by atoms with E-state index >= 15 is 0 Å². The highest BCUT2D eigenvalue weighted by molar-refractivity contribution is 7.92. The number of amides is 1. The molecule has 0 atom stereocenters. The zero-order chi connectivity index (χ0) is 17.3. The second kappa shape index (κ2) is 6.45. The van der Waals surface area contributed by atoms with E-state index in [1.165, 1.54) is 19.1 Å². The van der Waals surface area contributed by atoms with E-state index in [1.54, 1.807) is 29.2 Å². The van der Waals surface area contributed by atoms with Crippen LogP contribution in [0.5, 0.6) is 0 Å². The van der Waals surface area contributed by atoms with Gasteiger partial charge in [-0.3, -0.25) is 9.52 Å². The van der Waals surface area contributed by atoms with Gasteiger partial charge in [-0.15, -0.1) is 0 Å². The number of rotatable bonds is 3. The summed E-state index contributed by atoms with van der Waals surface area (Å²) in [6.07, 6.45) is 1.77. The summed E-state index contributed by atoms with van der Waals surface area (Å²) in [5.74, 6) is -0.0536. The molecule has 2 aromatic rings. The van der Waals surface area contributed by atoms with Crippen molar-refractivity contribution in [3.8, 4) is 0 Å². The molecule has 1 N–H and O–H groups in total. The number of fused-ring (bicyclic) bond motifs is 1. The number of anilines is 2. The Kier molecular flexibility index (Phi) is 4.51. The minimum Gasteiger partial charge on any atom is -0.312 e. The molecule has 0 fully saturated rings. The predicted octanol–water partition coefficient (Wildman–Crippen LogP) is 3.44. The molecule has 0 radical (unpaired) electrons. The van der Waals surface area contributed by atoms with E-state index in [4.69, 9.17) is 11.6 Å². The summed E-state index contributed by atoms with van der Waals surface area (Å²) < 4.78 is 27.6. The highest BCUT2D eigenvalue weighted by Crippen LogP contribution is 2.31. The van der Waals surface area contributed by atoms with Gasteiger partial charge in [0.15, 0.2) is 0 Å². The predicted molar refractivity (Wildman–Crippen MR) is 95.1 cm³/mol. The molecule has 2 aromatic carbocycles. The first-order valence-electron chi connectivity index (χ1n) is 7.57. The molecule has 0 bridgehead atoms. The highest BCUT2D eigenvalue weighted by Gasteiger charge is 2.22. The van der Waals surface area contributed by atoms with E-state index in [0.717, 1.165) is 24.1 Å². The first-order valence-corrected chi connectivity index (χ1v) is 9.43. The van der Waals surface area contributed by atoms with E-state index in [9.17, 15) is 13.2 Å². The molecule has 0 aromatic heterocycles. The number of nitrogens with zero attached hydrogens (tertiary/aromatic N) is 1. The van der Waals surface area contributed by atoms with Gasteiger partial charge in [-0.25, -0.2) is 8.42 Å². The summed E-state index contributed by atoms with van der Waals surface area (Å²) in [6.45, 7) is 2.15. The molecule has 0 spiro atoms. The maximum Gasteiger partial charge on any atom is 0.263 e. The molecule has 1 heterocycles. The van der Waals surface area contributed by atoms with E-state index in [2.05, 4.69) is 4.72 Å².